The van der Waals surface area contributed by atoms with E-state index in [1.54, 1.807) is 11.8 Å². The zero-order valence-electron chi connectivity index (χ0n) is 11.3. The minimum absolute atomic E-state index is 0.115. The van der Waals surface area contributed by atoms with E-state index >= 15 is 0 Å². The number of hydrogen-bond acceptors (Lipinski definition) is 7. The Balaban J connectivity index is 2.10. The molecule has 0 saturated carbocycles. The van der Waals surface area contributed by atoms with Crippen molar-refractivity contribution in [3.63, 3.8) is 0 Å². The summed E-state index contributed by atoms with van der Waals surface area (Å²) in [5.41, 5.74) is -0.518. The fourth-order valence-corrected chi connectivity index (χ4v) is 2.04. The van der Waals surface area contributed by atoms with E-state index in [0.717, 1.165) is 0 Å². The first-order valence-corrected chi connectivity index (χ1v) is 6.15. The highest BCUT2D eigenvalue weighted by Gasteiger charge is 2.32. The van der Waals surface area contributed by atoms with Crippen molar-refractivity contribution in [2.45, 2.75) is 13.0 Å². The molecule has 1 atom stereocenters. The number of carbonyl (C=O) groups is 2. The van der Waals surface area contributed by atoms with Gasteiger partial charge in [-0.05, 0) is 6.92 Å². The van der Waals surface area contributed by atoms with Crippen LogP contribution in [0.5, 0.6) is 0 Å². The average molecular weight is 284 g/mol. The maximum Gasteiger partial charge on any atom is 0.325 e. The quantitative estimate of drug-likeness (QED) is 0.675. The second kappa shape index (κ2) is 6.02. The van der Waals surface area contributed by atoms with Gasteiger partial charge in [0.2, 0.25) is 0 Å². The molecule has 1 aliphatic heterocycles. The van der Waals surface area contributed by atoms with E-state index in [2.05, 4.69) is 4.74 Å². The first kappa shape index (κ1) is 14.5. The summed E-state index contributed by atoms with van der Waals surface area (Å²) in [4.78, 5) is 36.8. The first-order chi connectivity index (χ1) is 9.52. The molecule has 1 aromatic rings. The van der Waals surface area contributed by atoms with Gasteiger partial charge >= 0.3 is 5.97 Å². The molecule has 1 fully saturated rings. The molecule has 2 rings (SSSR count). The van der Waals surface area contributed by atoms with Gasteiger partial charge < -0.3 is 14.0 Å². The topological polar surface area (TPSA) is 91.0 Å². The molecule has 1 aliphatic rings. The highest BCUT2D eigenvalue weighted by molar-refractivity contribution is 5.81. The van der Waals surface area contributed by atoms with E-state index in [-0.39, 0.29) is 13.2 Å². The van der Waals surface area contributed by atoms with Gasteiger partial charge in [-0.3, -0.25) is 19.3 Å². The molecule has 0 N–H and O–H groups in total. The molecule has 1 aromatic heterocycles. The summed E-state index contributed by atoms with van der Waals surface area (Å²) in [6.07, 6.45) is 0. The van der Waals surface area contributed by atoms with Crippen molar-refractivity contribution in [2.75, 3.05) is 33.4 Å². The number of esters is 1. The van der Waals surface area contributed by atoms with Crippen LogP contribution in [-0.2, 0) is 14.3 Å². The van der Waals surface area contributed by atoms with Gasteiger partial charge in [-0.2, -0.15) is 0 Å². The third-order valence-corrected chi connectivity index (χ3v) is 3.04. The lowest BCUT2D eigenvalue weighted by Crippen LogP contribution is -2.52. The van der Waals surface area contributed by atoms with Gasteiger partial charge in [0.05, 0.1) is 26.9 Å². The maximum atomic E-state index is 12.0. The van der Waals surface area contributed by atoms with Crippen molar-refractivity contribution in [2.24, 2.45) is 0 Å². The monoisotopic (exact) mass is 284 g/mol. The highest BCUT2D eigenvalue weighted by atomic mass is 16.5. The van der Waals surface area contributed by atoms with Crippen LogP contribution in [0.1, 0.15) is 10.6 Å². The van der Waals surface area contributed by atoms with Crippen LogP contribution >= 0.6 is 0 Å². The molecule has 1 unspecified atom stereocenters. The number of ether oxygens (including phenoxy) is 2. The predicted molar refractivity (Wildman–Crippen MR) is 66.5 cm³/mol. The lowest BCUT2D eigenvalue weighted by atomic mass is 10.2. The van der Waals surface area contributed by atoms with Crippen molar-refractivity contribution in [3.05, 3.63) is 22.2 Å². The Morgan fingerprint density at radius 3 is 2.85 bits per heavy atom. The summed E-state index contributed by atoms with van der Waals surface area (Å²) in [6, 6.07) is 0.583. The molecule has 8 heteroatoms. The summed E-state index contributed by atoms with van der Waals surface area (Å²) >= 11 is 0. The maximum absolute atomic E-state index is 12.0. The van der Waals surface area contributed by atoms with Crippen LogP contribution in [0.4, 0.5) is 0 Å². The Hall–Kier alpha value is -1.93. The van der Waals surface area contributed by atoms with Crippen LogP contribution in [0.3, 0.4) is 0 Å². The number of nitrogens with zero attached hydrogens (tertiary/aromatic N) is 2. The van der Waals surface area contributed by atoms with E-state index in [1.165, 1.54) is 13.2 Å². The Bertz CT molecular complexity index is 561. The highest BCUT2D eigenvalue weighted by Crippen LogP contribution is 2.08. The molecule has 2 heterocycles. The Morgan fingerprint density at radius 2 is 2.25 bits per heavy atom. The molecule has 20 heavy (non-hydrogen) atoms. The second-order valence-corrected chi connectivity index (χ2v) is 4.46. The van der Waals surface area contributed by atoms with Gasteiger partial charge in [-0.25, -0.2) is 0 Å². The summed E-state index contributed by atoms with van der Waals surface area (Å²) in [5.74, 6) is -0.644. The molecule has 8 nitrogen and oxygen atoms in total. The second-order valence-electron chi connectivity index (χ2n) is 4.46. The zero-order chi connectivity index (χ0) is 14.7. The van der Waals surface area contributed by atoms with Crippen molar-refractivity contribution in [3.8, 4) is 0 Å². The van der Waals surface area contributed by atoms with E-state index in [1.807, 2.05) is 0 Å². The summed E-state index contributed by atoms with van der Waals surface area (Å²) < 4.78 is 15.6. The average Bonchev–Trinajstić information content (AvgIpc) is 2.77. The predicted octanol–water partition coefficient (Wildman–Crippen LogP) is -0.736. The molecule has 0 aromatic carbocycles. The number of aromatic nitrogens is 1. The van der Waals surface area contributed by atoms with Crippen LogP contribution in [0.25, 0.3) is 0 Å². The zero-order valence-corrected chi connectivity index (χ0v) is 11.3. The van der Waals surface area contributed by atoms with Gasteiger partial charge in [0.1, 0.15) is 11.8 Å². The van der Waals surface area contributed by atoms with Crippen LogP contribution in [-0.4, -0.2) is 61.0 Å². The van der Waals surface area contributed by atoms with Crippen LogP contribution < -0.4 is 5.56 Å². The van der Waals surface area contributed by atoms with Crippen molar-refractivity contribution in [1.82, 2.24) is 9.64 Å². The lowest BCUT2D eigenvalue weighted by molar-refractivity contribution is -0.152. The Kier molecular flexibility index (Phi) is 4.35. The lowest BCUT2D eigenvalue weighted by Gasteiger charge is -2.32. The van der Waals surface area contributed by atoms with Crippen LogP contribution in [0.15, 0.2) is 15.4 Å². The molecule has 0 amide bonds. The number of hydrogen-bond donors (Lipinski definition) is 0. The van der Waals surface area contributed by atoms with Gasteiger partial charge in [-0.1, -0.05) is 0 Å². The number of methoxy groups -OCH3 is 1. The molecule has 0 bridgehead atoms. The van der Waals surface area contributed by atoms with Crippen LogP contribution in [0, 0.1) is 6.92 Å². The molecule has 0 spiro atoms. The van der Waals surface area contributed by atoms with E-state index in [9.17, 15) is 14.4 Å². The van der Waals surface area contributed by atoms with E-state index < -0.39 is 23.5 Å². The first-order valence-electron chi connectivity index (χ1n) is 6.15. The van der Waals surface area contributed by atoms with Gasteiger partial charge in [0.15, 0.2) is 0 Å². The van der Waals surface area contributed by atoms with Crippen LogP contribution in [0.2, 0.25) is 0 Å². The molecule has 1 saturated heterocycles. The Labute approximate surface area is 114 Å². The third-order valence-electron chi connectivity index (χ3n) is 3.04. The molecular formula is C12H16N2O6. The van der Waals surface area contributed by atoms with Gasteiger partial charge in [-0.15, -0.1) is 4.74 Å². The summed E-state index contributed by atoms with van der Waals surface area (Å²) in [6.45, 7) is 2.44. The Morgan fingerprint density at radius 1 is 1.50 bits per heavy atom. The summed E-state index contributed by atoms with van der Waals surface area (Å²) in [5, 5.41) is 0. The van der Waals surface area contributed by atoms with Gasteiger partial charge in [0.25, 0.3) is 11.5 Å². The smallest absolute Gasteiger partial charge is 0.325 e. The minimum Gasteiger partial charge on any atom is -0.468 e. The van der Waals surface area contributed by atoms with Gasteiger partial charge in [0, 0.05) is 12.6 Å². The number of carbonyl (C=O) groups excluding carboxylic acids is 2. The number of morpholine rings is 1. The fourth-order valence-electron chi connectivity index (χ4n) is 2.04. The molecular weight excluding hydrogens is 268 g/mol. The minimum atomic E-state index is -0.649. The van der Waals surface area contributed by atoms with Crippen molar-refractivity contribution in [1.29, 1.82) is 0 Å². The summed E-state index contributed by atoms with van der Waals surface area (Å²) in [7, 11) is 1.28. The van der Waals surface area contributed by atoms with E-state index in [4.69, 9.17) is 9.26 Å². The van der Waals surface area contributed by atoms with Crippen molar-refractivity contribution < 1.29 is 23.6 Å². The van der Waals surface area contributed by atoms with Crippen molar-refractivity contribution >= 4 is 11.9 Å². The molecule has 0 radical (unpaired) electrons. The largest absolute Gasteiger partial charge is 0.468 e. The number of rotatable bonds is 3. The third kappa shape index (κ3) is 2.97. The fraction of sp³-hybridized carbons (Fsp3) is 0.583. The SMILES string of the molecule is COC(=O)C1COCCN1CC(=O)n1oc(C)cc1=O. The molecule has 0 aliphatic carbocycles. The van der Waals surface area contributed by atoms with E-state index in [0.29, 0.717) is 23.7 Å². The number of aryl methyl sites for hydroxylation is 1. The normalized spacial score (nSPS) is 19.8. The molecule has 110 valence electrons. The standard InChI is InChI=1S/C12H16N2O6/c1-8-5-10(15)14(20-8)11(16)6-13-3-4-19-7-9(13)12(17)18-2/h5,9H,3-4,6-7H2,1-2H3.